The van der Waals surface area contributed by atoms with Gasteiger partial charge in [0.15, 0.2) is 0 Å². The molecule has 4 heteroatoms. The molecule has 20 heavy (non-hydrogen) atoms. The highest BCUT2D eigenvalue weighted by Crippen LogP contribution is 2.20. The summed E-state index contributed by atoms with van der Waals surface area (Å²) >= 11 is 0. The Morgan fingerprint density at radius 1 is 1.35 bits per heavy atom. The number of carbonyl (C=O) groups is 1. The lowest BCUT2D eigenvalue weighted by molar-refractivity contribution is 0.0783. The van der Waals surface area contributed by atoms with Crippen molar-refractivity contribution in [2.75, 3.05) is 33.7 Å². The van der Waals surface area contributed by atoms with Crippen LogP contribution in [0, 0.1) is 0 Å². The van der Waals surface area contributed by atoms with Crippen molar-refractivity contribution in [2.45, 2.75) is 25.4 Å². The minimum atomic E-state index is 0.190. The third-order valence-corrected chi connectivity index (χ3v) is 4.52. The van der Waals surface area contributed by atoms with E-state index < -0.39 is 0 Å². The van der Waals surface area contributed by atoms with E-state index in [-0.39, 0.29) is 5.91 Å². The third kappa shape index (κ3) is 2.58. The predicted octanol–water partition coefficient (Wildman–Crippen LogP) is 1.11. The average Bonchev–Trinajstić information content (AvgIpc) is 2.96. The number of nitrogens with one attached hydrogen (secondary N) is 1. The number of likely N-dealkylation sites (N-methyl/N-ethyl adjacent to an activating group) is 1. The zero-order valence-electron chi connectivity index (χ0n) is 12.4. The lowest BCUT2D eigenvalue weighted by Crippen LogP contribution is -2.34. The topological polar surface area (TPSA) is 35.6 Å². The van der Waals surface area contributed by atoms with Gasteiger partial charge in [0.1, 0.15) is 0 Å². The lowest BCUT2D eigenvalue weighted by Gasteiger charge is -2.22. The third-order valence-electron chi connectivity index (χ3n) is 4.52. The van der Waals surface area contributed by atoms with E-state index in [9.17, 15) is 4.79 Å². The van der Waals surface area contributed by atoms with Crippen molar-refractivity contribution in [3.05, 3.63) is 34.9 Å². The van der Waals surface area contributed by atoms with Gasteiger partial charge in [-0.2, -0.15) is 0 Å². The quantitative estimate of drug-likeness (QED) is 0.877. The second-order valence-corrected chi connectivity index (χ2v) is 6.07. The summed E-state index contributed by atoms with van der Waals surface area (Å²) in [7, 11) is 4.18. The molecule has 0 spiro atoms. The van der Waals surface area contributed by atoms with Crippen LogP contribution in [0.3, 0.4) is 0 Å². The van der Waals surface area contributed by atoms with E-state index in [2.05, 4.69) is 36.4 Å². The Morgan fingerprint density at radius 2 is 2.20 bits per heavy atom. The fourth-order valence-corrected chi connectivity index (χ4v) is 3.14. The van der Waals surface area contributed by atoms with Gasteiger partial charge in [0.25, 0.3) is 5.91 Å². The summed E-state index contributed by atoms with van der Waals surface area (Å²) in [5.74, 6) is 0.190. The first-order chi connectivity index (χ1) is 9.65. The zero-order chi connectivity index (χ0) is 14.1. The summed E-state index contributed by atoms with van der Waals surface area (Å²) < 4.78 is 0. The van der Waals surface area contributed by atoms with Gasteiger partial charge in [0, 0.05) is 31.2 Å². The largest absolute Gasteiger partial charge is 0.337 e. The predicted molar refractivity (Wildman–Crippen MR) is 79.8 cm³/mol. The molecule has 108 valence electrons. The van der Waals surface area contributed by atoms with E-state index in [1.165, 1.54) is 11.1 Å². The summed E-state index contributed by atoms with van der Waals surface area (Å²) in [5, 5.41) is 3.36. The van der Waals surface area contributed by atoms with Gasteiger partial charge in [0.05, 0.1) is 0 Å². The number of hydrogen-bond acceptors (Lipinski definition) is 3. The first kappa shape index (κ1) is 13.6. The summed E-state index contributed by atoms with van der Waals surface area (Å²) in [6, 6.07) is 6.69. The second-order valence-electron chi connectivity index (χ2n) is 6.07. The number of benzene rings is 1. The molecule has 2 aliphatic heterocycles. The molecule has 0 aliphatic carbocycles. The Balaban J connectivity index is 1.74. The number of fused-ring (bicyclic) bond motifs is 1. The van der Waals surface area contributed by atoms with Gasteiger partial charge in [-0.1, -0.05) is 6.07 Å². The van der Waals surface area contributed by atoms with Crippen LogP contribution < -0.4 is 5.32 Å². The first-order valence-electron chi connectivity index (χ1n) is 7.43. The van der Waals surface area contributed by atoms with Crippen LogP contribution in [0.5, 0.6) is 0 Å². The van der Waals surface area contributed by atoms with E-state index >= 15 is 0 Å². The average molecular weight is 273 g/mol. The number of carbonyl (C=O) groups excluding carboxylic acids is 1. The monoisotopic (exact) mass is 273 g/mol. The van der Waals surface area contributed by atoms with Crippen LogP contribution >= 0.6 is 0 Å². The van der Waals surface area contributed by atoms with Gasteiger partial charge in [0.2, 0.25) is 0 Å². The molecule has 2 aliphatic rings. The summed E-state index contributed by atoms with van der Waals surface area (Å²) in [6.45, 7) is 3.66. The summed E-state index contributed by atoms with van der Waals surface area (Å²) in [5.41, 5.74) is 3.52. The standard InChI is InChI=1S/C16H23N3O/c1-18(2)15-6-8-19(11-15)16(20)13-3-4-14-10-17-7-5-12(14)9-13/h3-4,9,15,17H,5-8,10-11H2,1-2H3. The molecule has 0 saturated carbocycles. The lowest BCUT2D eigenvalue weighted by atomic mass is 9.98. The molecule has 1 unspecified atom stereocenters. The van der Waals surface area contributed by atoms with Crippen LogP contribution in [0.2, 0.25) is 0 Å². The van der Waals surface area contributed by atoms with Crippen molar-refractivity contribution in [1.82, 2.24) is 15.1 Å². The molecule has 1 amide bonds. The Morgan fingerprint density at radius 3 is 2.95 bits per heavy atom. The minimum Gasteiger partial charge on any atom is -0.337 e. The van der Waals surface area contributed by atoms with E-state index in [4.69, 9.17) is 0 Å². The van der Waals surface area contributed by atoms with Crippen LogP contribution in [-0.2, 0) is 13.0 Å². The highest BCUT2D eigenvalue weighted by molar-refractivity contribution is 5.94. The van der Waals surface area contributed by atoms with Gasteiger partial charge >= 0.3 is 0 Å². The van der Waals surface area contributed by atoms with Gasteiger partial charge in [-0.05, 0) is 56.7 Å². The number of rotatable bonds is 2. The Kier molecular flexibility index (Phi) is 3.76. The fourth-order valence-electron chi connectivity index (χ4n) is 3.14. The molecule has 1 aromatic carbocycles. The molecular weight excluding hydrogens is 250 g/mol. The highest BCUT2D eigenvalue weighted by atomic mass is 16.2. The van der Waals surface area contributed by atoms with Gasteiger partial charge in [-0.15, -0.1) is 0 Å². The van der Waals surface area contributed by atoms with Crippen LogP contribution in [-0.4, -0.2) is 55.5 Å². The molecule has 0 bridgehead atoms. The Hall–Kier alpha value is -1.39. The molecule has 1 aromatic rings. The van der Waals surface area contributed by atoms with Gasteiger partial charge in [-0.3, -0.25) is 4.79 Å². The van der Waals surface area contributed by atoms with Crippen molar-refractivity contribution in [2.24, 2.45) is 0 Å². The molecule has 2 heterocycles. The maximum absolute atomic E-state index is 12.6. The number of likely N-dealkylation sites (tertiary alicyclic amines) is 1. The van der Waals surface area contributed by atoms with E-state index in [1.54, 1.807) is 0 Å². The fraction of sp³-hybridized carbons (Fsp3) is 0.562. The number of nitrogens with zero attached hydrogens (tertiary/aromatic N) is 2. The maximum Gasteiger partial charge on any atom is 0.253 e. The Bertz CT molecular complexity index is 512. The SMILES string of the molecule is CN(C)C1CCN(C(=O)c2ccc3c(c2)CCNC3)C1. The Labute approximate surface area is 120 Å². The van der Waals surface area contributed by atoms with Crippen molar-refractivity contribution in [3.8, 4) is 0 Å². The maximum atomic E-state index is 12.6. The normalized spacial score (nSPS) is 22.1. The van der Waals surface area contributed by atoms with Crippen molar-refractivity contribution >= 4 is 5.91 Å². The number of amides is 1. The molecule has 0 radical (unpaired) electrons. The van der Waals surface area contributed by atoms with Crippen LogP contribution in [0.4, 0.5) is 0 Å². The van der Waals surface area contributed by atoms with Crippen LogP contribution in [0.25, 0.3) is 0 Å². The second kappa shape index (κ2) is 5.54. The molecule has 1 N–H and O–H groups in total. The number of hydrogen-bond donors (Lipinski definition) is 1. The van der Waals surface area contributed by atoms with Crippen LogP contribution in [0.15, 0.2) is 18.2 Å². The minimum absolute atomic E-state index is 0.190. The first-order valence-corrected chi connectivity index (χ1v) is 7.43. The highest BCUT2D eigenvalue weighted by Gasteiger charge is 2.28. The molecular formula is C16H23N3O. The van der Waals surface area contributed by atoms with Crippen LogP contribution in [0.1, 0.15) is 27.9 Å². The molecule has 1 saturated heterocycles. The summed E-state index contributed by atoms with van der Waals surface area (Å²) in [6.07, 6.45) is 2.10. The van der Waals surface area contributed by atoms with Gasteiger partial charge < -0.3 is 15.1 Å². The van der Waals surface area contributed by atoms with Crippen molar-refractivity contribution in [1.29, 1.82) is 0 Å². The molecule has 1 atom stereocenters. The zero-order valence-corrected chi connectivity index (χ0v) is 12.4. The van der Waals surface area contributed by atoms with E-state index in [0.717, 1.165) is 44.6 Å². The molecule has 4 nitrogen and oxygen atoms in total. The van der Waals surface area contributed by atoms with Crippen molar-refractivity contribution in [3.63, 3.8) is 0 Å². The molecule has 0 aromatic heterocycles. The van der Waals surface area contributed by atoms with Gasteiger partial charge in [-0.25, -0.2) is 0 Å². The summed E-state index contributed by atoms with van der Waals surface area (Å²) in [4.78, 5) is 16.8. The smallest absolute Gasteiger partial charge is 0.253 e. The van der Waals surface area contributed by atoms with E-state index in [1.807, 2.05) is 11.0 Å². The van der Waals surface area contributed by atoms with E-state index in [0.29, 0.717) is 6.04 Å². The van der Waals surface area contributed by atoms with Crippen molar-refractivity contribution < 1.29 is 4.79 Å². The molecule has 3 rings (SSSR count). The molecule has 1 fully saturated rings.